The summed E-state index contributed by atoms with van der Waals surface area (Å²) in [7, 11) is 0. The lowest BCUT2D eigenvalue weighted by atomic mass is 10.2. The standard InChI is InChI=1S/C19H16N4O2S2/c1-11-14(12(2)25-23-11)10-26-18-13(6-5-9-20-18)17(24)22-19-21-15-7-3-4-8-16(15)27-19/h3-9H,10H2,1-2H3,(H,21,22,24). The second-order valence-corrected chi connectivity index (χ2v) is 7.88. The second kappa shape index (κ2) is 7.50. The molecule has 1 amide bonds. The van der Waals surface area contributed by atoms with E-state index < -0.39 is 0 Å². The van der Waals surface area contributed by atoms with Crippen LogP contribution in [0, 0.1) is 13.8 Å². The Bertz CT molecular complexity index is 1070. The number of benzene rings is 1. The van der Waals surface area contributed by atoms with Crippen LogP contribution in [-0.4, -0.2) is 21.0 Å². The Labute approximate surface area is 164 Å². The molecule has 27 heavy (non-hydrogen) atoms. The second-order valence-electron chi connectivity index (χ2n) is 5.89. The number of aromatic nitrogens is 3. The van der Waals surface area contributed by atoms with E-state index in [1.54, 1.807) is 18.3 Å². The van der Waals surface area contributed by atoms with Gasteiger partial charge in [0.25, 0.3) is 5.91 Å². The van der Waals surface area contributed by atoms with Crippen LogP contribution in [0.2, 0.25) is 0 Å². The summed E-state index contributed by atoms with van der Waals surface area (Å²) in [6, 6.07) is 11.3. The number of nitrogens with one attached hydrogen (secondary N) is 1. The first kappa shape index (κ1) is 17.7. The van der Waals surface area contributed by atoms with Crippen LogP contribution in [0.5, 0.6) is 0 Å². The number of amides is 1. The summed E-state index contributed by atoms with van der Waals surface area (Å²) >= 11 is 2.94. The number of thiazole rings is 1. The Morgan fingerprint density at radius 2 is 2.07 bits per heavy atom. The SMILES string of the molecule is Cc1noc(C)c1CSc1ncccc1C(=O)Nc1nc2ccccc2s1. The molecule has 0 aliphatic heterocycles. The summed E-state index contributed by atoms with van der Waals surface area (Å²) in [5.41, 5.74) is 3.28. The van der Waals surface area contributed by atoms with Crippen LogP contribution in [0.25, 0.3) is 10.2 Å². The maximum atomic E-state index is 12.8. The number of hydrogen-bond acceptors (Lipinski definition) is 7. The number of para-hydroxylation sites is 1. The minimum Gasteiger partial charge on any atom is -0.361 e. The van der Waals surface area contributed by atoms with Gasteiger partial charge < -0.3 is 4.52 Å². The molecule has 0 saturated carbocycles. The molecule has 0 bridgehead atoms. The molecule has 0 fully saturated rings. The van der Waals surface area contributed by atoms with Crippen molar-refractivity contribution in [3.05, 3.63) is 65.2 Å². The molecular weight excluding hydrogens is 380 g/mol. The zero-order valence-electron chi connectivity index (χ0n) is 14.7. The molecule has 0 unspecified atom stereocenters. The van der Waals surface area contributed by atoms with Crippen molar-refractivity contribution in [3.8, 4) is 0 Å². The zero-order valence-corrected chi connectivity index (χ0v) is 16.4. The predicted molar refractivity (Wildman–Crippen MR) is 107 cm³/mol. The van der Waals surface area contributed by atoms with Crippen LogP contribution >= 0.6 is 23.1 Å². The Morgan fingerprint density at radius 1 is 1.22 bits per heavy atom. The Morgan fingerprint density at radius 3 is 2.85 bits per heavy atom. The zero-order chi connectivity index (χ0) is 18.8. The van der Waals surface area contributed by atoms with E-state index in [9.17, 15) is 4.79 Å². The number of nitrogens with zero attached hydrogens (tertiary/aromatic N) is 3. The molecule has 8 heteroatoms. The topological polar surface area (TPSA) is 80.9 Å². The van der Waals surface area contributed by atoms with Gasteiger partial charge in [-0.05, 0) is 38.1 Å². The van der Waals surface area contributed by atoms with Gasteiger partial charge in [0, 0.05) is 17.5 Å². The van der Waals surface area contributed by atoms with E-state index in [0.717, 1.165) is 27.2 Å². The van der Waals surface area contributed by atoms with Crippen LogP contribution in [-0.2, 0) is 5.75 Å². The van der Waals surface area contributed by atoms with E-state index in [1.807, 2.05) is 38.1 Å². The molecule has 0 atom stereocenters. The first-order valence-electron chi connectivity index (χ1n) is 8.28. The number of pyridine rings is 1. The molecule has 1 N–H and O–H groups in total. The molecule has 136 valence electrons. The fraction of sp³-hybridized carbons (Fsp3) is 0.158. The van der Waals surface area contributed by atoms with E-state index in [1.165, 1.54) is 23.1 Å². The van der Waals surface area contributed by atoms with E-state index in [-0.39, 0.29) is 5.91 Å². The molecule has 0 saturated heterocycles. The average molecular weight is 396 g/mol. The van der Waals surface area contributed by atoms with Crippen molar-refractivity contribution in [2.45, 2.75) is 24.6 Å². The number of anilines is 1. The molecule has 0 spiro atoms. The van der Waals surface area contributed by atoms with Crippen LogP contribution in [0.4, 0.5) is 5.13 Å². The molecular formula is C19H16N4O2S2. The van der Waals surface area contributed by atoms with Crippen molar-refractivity contribution in [2.75, 3.05) is 5.32 Å². The lowest BCUT2D eigenvalue weighted by Gasteiger charge is -2.07. The molecule has 1 aromatic carbocycles. The lowest BCUT2D eigenvalue weighted by Crippen LogP contribution is -2.13. The van der Waals surface area contributed by atoms with Gasteiger partial charge in [0.05, 0.1) is 21.5 Å². The van der Waals surface area contributed by atoms with Gasteiger partial charge in [-0.3, -0.25) is 10.1 Å². The third-order valence-electron chi connectivity index (χ3n) is 4.06. The number of aryl methyl sites for hydroxylation is 2. The minimum absolute atomic E-state index is 0.219. The monoisotopic (exact) mass is 396 g/mol. The van der Waals surface area contributed by atoms with Gasteiger partial charge in [0.15, 0.2) is 5.13 Å². The molecule has 4 rings (SSSR count). The van der Waals surface area contributed by atoms with Gasteiger partial charge in [0.1, 0.15) is 10.8 Å². The maximum absolute atomic E-state index is 12.8. The van der Waals surface area contributed by atoms with Crippen LogP contribution < -0.4 is 5.32 Å². The third-order valence-corrected chi connectivity index (χ3v) is 6.05. The minimum atomic E-state index is -0.219. The summed E-state index contributed by atoms with van der Waals surface area (Å²) in [4.78, 5) is 21.6. The van der Waals surface area contributed by atoms with Crippen molar-refractivity contribution in [1.29, 1.82) is 0 Å². The molecule has 0 radical (unpaired) electrons. The quantitative estimate of drug-likeness (QED) is 0.486. The molecule has 3 heterocycles. The summed E-state index contributed by atoms with van der Waals surface area (Å²) in [5, 5.41) is 8.09. The molecule has 0 aliphatic rings. The van der Waals surface area contributed by atoms with Crippen LogP contribution in [0.15, 0.2) is 52.1 Å². The van der Waals surface area contributed by atoms with Gasteiger partial charge in [-0.15, -0.1) is 11.8 Å². The highest BCUT2D eigenvalue weighted by molar-refractivity contribution is 7.98. The van der Waals surface area contributed by atoms with E-state index >= 15 is 0 Å². The van der Waals surface area contributed by atoms with Gasteiger partial charge in [-0.2, -0.15) is 0 Å². The normalized spacial score (nSPS) is 11.0. The van der Waals surface area contributed by atoms with Crippen molar-refractivity contribution in [2.24, 2.45) is 0 Å². The molecule has 4 aromatic rings. The molecule has 6 nitrogen and oxygen atoms in total. The van der Waals surface area contributed by atoms with Crippen LogP contribution in [0.3, 0.4) is 0 Å². The number of fused-ring (bicyclic) bond motifs is 1. The third kappa shape index (κ3) is 3.72. The lowest BCUT2D eigenvalue weighted by molar-refractivity contribution is 0.102. The highest BCUT2D eigenvalue weighted by Gasteiger charge is 2.17. The van der Waals surface area contributed by atoms with Gasteiger partial charge in [0.2, 0.25) is 0 Å². The van der Waals surface area contributed by atoms with Gasteiger partial charge >= 0.3 is 0 Å². The average Bonchev–Trinajstić information content (AvgIpc) is 3.22. The largest absolute Gasteiger partial charge is 0.361 e. The number of rotatable bonds is 5. The summed E-state index contributed by atoms with van der Waals surface area (Å²) in [5.74, 6) is 1.21. The van der Waals surface area contributed by atoms with E-state index in [0.29, 0.717) is 21.5 Å². The van der Waals surface area contributed by atoms with Crippen molar-refractivity contribution in [1.82, 2.24) is 15.1 Å². The van der Waals surface area contributed by atoms with Crippen molar-refractivity contribution < 1.29 is 9.32 Å². The highest BCUT2D eigenvalue weighted by Crippen LogP contribution is 2.29. The Hall–Kier alpha value is -2.71. The van der Waals surface area contributed by atoms with Crippen molar-refractivity contribution >= 4 is 44.4 Å². The Balaban J connectivity index is 1.53. The van der Waals surface area contributed by atoms with Crippen molar-refractivity contribution in [3.63, 3.8) is 0 Å². The smallest absolute Gasteiger partial charge is 0.260 e. The number of hydrogen-bond donors (Lipinski definition) is 1. The first-order valence-corrected chi connectivity index (χ1v) is 10.1. The number of thioether (sulfide) groups is 1. The van der Waals surface area contributed by atoms with E-state index in [2.05, 4.69) is 20.4 Å². The fourth-order valence-electron chi connectivity index (χ4n) is 2.62. The Kier molecular flexibility index (Phi) is 4.91. The van der Waals surface area contributed by atoms with Crippen LogP contribution in [0.1, 0.15) is 27.4 Å². The summed E-state index contributed by atoms with van der Waals surface area (Å²) in [6.45, 7) is 3.79. The molecule has 3 aromatic heterocycles. The van der Waals surface area contributed by atoms with E-state index in [4.69, 9.17) is 4.52 Å². The summed E-state index contributed by atoms with van der Waals surface area (Å²) < 4.78 is 6.23. The maximum Gasteiger partial charge on any atom is 0.260 e. The summed E-state index contributed by atoms with van der Waals surface area (Å²) in [6.07, 6.45) is 1.68. The molecule has 0 aliphatic carbocycles. The fourth-order valence-corrected chi connectivity index (χ4v) is 4.62. The first-order chi connectivity index (χ1) is 13.1. The van der Waals surface area contributed by atoms with Gasteiger partial charge in [-0.25, -0.2) is 9.97 Å². The highest BCUT2D eigenvalue weighted by atomic mass is 32.2. The number of carbonyl (C=O) groups excluding carboxylic acids is 1. The van der Waals surface area contributed by atoms with Gasteiger partial charge in [-0.1, -0.05) is 28.6 Å². The predicted octanol–water partition coefficient (Wildman–Crippen LogP) is 4.84. The number of carbonyl (C=O) groups is 1.